The highest BCUT2D eigenvalue weighted by molar-refractivity contribution is 9.10. The molecular formula is C9H7BrCl2O. The van der Waals surface area contributed by atoms with E-state index in [1.165, 1.54) is 0 Å². The highest BCUT2D eigenvalue weighted by atomic mass is 79.9. The molecule has 0 saturated carbocycles. The summed E-state index contributed by atoms with van der Waals surface area (Å²) in [5.41, 5.74) is 1.22. The number of hydrogen-bond donors (Lipinski definition) is 1. The molecule has 1 aromatic rings. The molecule has 0 aliphatic heterocycles. The standard InChI is InChI=1S/C9H7BrCl2O/c1-5(4-11)7-2-6(12)3-8(10)9(7)13/h2-3,13H,1,4H2. The van der Waals surface area contributed by atoms with Crippen LogP contribution in [-0.4, -0.2) is 11.0 Å². The van der Waals surface area contributed by atoms with E-state index < -0.39 is 0 Å². The molecule has 0 aliphatic carbocycles. The molecular weight excluding hydrogens is 275 g/mol. The van der Waals surface area contributed by atoms with Crippen LogP contribution >= 0.6 is 39.1 Å². The number of hydrogen-bond acceptors (Lipinski definition) is 1. The largest absolute Gasteiger partial charge is 0.506 e. The van der Waals surface area contributed by atoms with Gasteiger partial charge in [0.25, 0.3) is 0 Å². The molecule has 0 aliphatic rings. The zero-order valence-electron chi connectivity index (χ0n) is 6.65. The van der Waals surface area contributed by atoms with Crippen molar-refractivity contribution in [2.24, 2.45) is 0 Å². The first kappa shape index (κ1) is 10.9. The first-order valence-corrected chi connectivity index (χ1v) is 5.19. The van der Waals surface area contributed by atoms with Crippen LogP contribution in [0, 0.1) is 0 Å². The van der Waals surface area contributed by atoms with Gasteiger partial charge in [0.15, 0.2) is 0 Å². The van der Waals surface area contributed by atoms with Crippen LogP contribution in [0.1, 0.15) is 5.56 Å². The van der Waals surface area contributed by atoms with Crippen molar-refractivity contribution in [2.75, 3.05) is 5.88 Å². The molecule has 1 N–H and O–H groups in total. The van der Waals surface area contributed by atoms with Gasteiger partial charge in [-0.05, 0) is 33.6 Å². The van der Waals surface area contributed by atoms with Gasteiger partial charge in [0.2, 0.25) is 0 Å². The second-order valence-corrected chi connectivity index (χ2v) is 4.08. The van der Waals surface area contributed by atoms with Crippen LogP contribution in [0.2, 0.25) is 5.02 Å². The van der Waals surface area contributed by atoms with Crippen molar-refractivity contribution in [1.29, 1.82) is 0 Å². The minimum Gasteiger partial charge on any atom is -0.506 e. The van der Waals surface area contributed by atoms with E-state index in [0.29, 0.717) is 20.6 Å². The van der Waals surface area contributed by atoms with Gasteiger partial charge in [-0.3, -0.25) is 0 Å². The van der Waals surface area contributed by atoms with Crippen molar-refractivity contribution < 1.29 is 5.11 Å². The predicted molar refractivity (Wildman–Crippen MR) is 60.6 cm³/mol. The Morgan fingerprint density at radius 1 is 1.54 bits per heavy atom. The highest BCUT2D eigenvalue weighted by Crippen LogP contribution is 2.35. The molecule has 0 spiro atoms. The van der Waals surface area contributed by atoms with Gasteiger partial charge in [0.1, 0.15) is 5.75 Å². The Morgan fingerprint density at radius 3 is 2.69 bits per heavy atom. The lowest BCUT2D eigenvalue weighted by molar-refractivity contribution is 0.470. The van der Waals surface area contributed by atoms with Crippen LogP contribution in [-0.2, 0) is 0 Å². The SMILES string of the molecule is C=C(CCl)c1cc(Cl)cc(Br)c1O. The van der Waals surface area contributed by atoms with Gasteiger partial charge >= 0.3 is 0 Å². The molecule has 0 unspecified atom stereocenters. The lowest BCUT2D eigenvalue weighted by Crippen LogP contribution is -1.86. The minimum absolute atomic E-state index is 0.120. The third kappa shape index (κ3) is 2.39. The molecule has 13 heavy (non-hydrogen) atoms. The van der Waals surface area contributed by atoms with Crippen molar-refractivity contribution in [3.8, 4) is 5.75 Å². The predicted octanol–water partition coefficient (Wildman–Crippen LogP) is 4.06. The third-order valence-electron chi connectivity index (χ3n) is 1.57. The summed E-state index contributed by atoms with van der Waals surface area (Å²) in [7, 11) is 0. The third-order valence-corrected chi connectivity index (χ3v) is 2.72. The molecule has 4 heteroatoms. The number of aromatic hydroxyl groups is 1. The molecule has 0 atom stereocenters. The summed E-state index contributed by atoms with van der Waals surface area (Å²) in [5, 5.41) is 10.1. The van der Waals surface area contributed by atoms with E-state index in [0.717, 1.165) is 0 Å². The van der Waals surface area contributed by atoms with Crippen molar-refractivity contribution in [3.63, 3.8) is 0 Å². The van der Waals surface area contributed by atoms with Gasteiger partial charge in [-0.15, -0.1) is 11.6 Å². The average Bonchev–Trinajstić information content (AvgIpc) is 2.10. The van der Waals surface area contributed by atoms with Gasteiger partial charge in [0.05, 0.1) is 4.47 Å². The lowest BCUT2D eigenvalue weighted by Gasteiger charge is -2.07. The second-order valence-electron chi connectivity index (χ2n) is 2.52. The Bertz CT molecular complexity index is 350. The molecule has 0 amide bonds. The molecule has 0 aromatic heterocycles. The Kier molecular flexibility index (Phi) is 3.65. The number of alkyl halides is 1. The molecule has 0 heterocycles. The van der Waals surface area contributed by atoms with E-state index in [4.69, 9.17) is 23.2 Å². The van der Waals surface area contributed by atoms with Crippen molar-refractivity contribution in [3.05, 3.63) is 33.8 Å². The summed E-state index contributed by atoms with van der Waals surface area (Å²) >= 11 is 14.6. The van der Waals surface area contributed by atoms with E-state index in [-0.39, 0.29) is 11.6 Å². The van der Waals surface area contributed by atoms with Gasteiger partial charge in [-0.1, -0.05) is 18.2 Å². The molecule has 1 aromatic carbocycles. The summed E-state index contributed by atoms with van der Waals surface area (Å²) in [6.45, 7) is 3.72. The number of phenols is 1. The maximum absolute atomic E-state index is 9.60. The first-order valence-electron chi connectivity index (χ1n) is 3.48. The van der Waals surface area contributed by atoms with Gasteiger partial charge < -0.3 is 5.11 Å². The van der Waals surface area contributed by atoms with Crippen molar-refractivity contribution in [1.82, 2.24) is 0 Å². The lowest BCUT2D eigenvalue weighted by atomic mass is 10.1. The maximum atomic E-state index is 9.60. The van der Waals surface area contributed by atoms with Crippen molar-refractivity contribution in [2.45, 2.75) is 0 Å². The fraction of sp³-hybridized carbons (Fsp3) is 0.111. The van der Waals surface area contributed by atoms with Crippen LogP contribution in [0.15, 0.2) is 23.2 Å². The Morgan fingerprint density at radius 2 is 2.15 bits per heavy atom. The van der Waals surface area contributed by atoms with Crippen LogP contribution in [0.5, 0.6) is 5.75 Å². The van der Waals surface area contributed by atoms with Gasteiger partial charge in [-0.25, -0.2) is 0 Å². The number of halogens is 3. The fourth-order valence-electron chi connectivity index (χ4n) is 0.907. The van der Waals surface area contributed by atoms with E-state index >= 15 is 0 Å². The summed E-state index contributed by atoms with van der Waals surface area (Å²) in [6.07, 6.45) is 0. The van der Waals surface area contributed by atoms with E-state index in [1.807, 2.05) is 0 Å². The molecule has 1 nitrogen and oxygen atoms in total. The average molecular weight is 282 g/mol. The van der Waals surface area contributed by atoms with Crippen LogP contribution in [0.3, 0.4) is 0 Å². The Balaban J connectivity index is 3.28. The zero-order valence-corrected chi connectivity index (χ0v) is 9.75. The molecule has 0 fully saturated rings. The van der Waals surface area contributed by atoms with E-state index in [9.17, 15) is 5.11 Å². The van der Waals surface area contributed by atoms with E-state index in [2.05, 4.69) is 22.5 Å². The number of rotatable bonds is 2. The summed E-state index contributed by atoms with van der Waals surface area (Å²) in [6, 6.07) is 3.24. The van der Waals surface area contributed by atoms with Crippen LogP contribution in [0.4, 0.5) is 0 Å². The highest BCUT2D eigenvalue weighted by Gasteiger charge is 2.09. The number of phenolic OH excluding ortho intramolecular Hbond substituents is 1. The van der Waals surface area contributed by atoms with Crippen LogP contribution in [0.25, 0.3) is 5.57 Å². The zero-order chi connectivity index (χ0) is 10.0. The summed E-state index contributed by atoms with van der Waals surface area (Å²) in [5.74, 6) is 0.385. The Hall–Kier alpha value is -0.180. The van der Waals surface area contributed by atoms with E-state index in [1.54, 1.807) is 12.1 Å². The molecule has 1 rings (SSSR count). The maximum Gasteiger partial charge on any atom is 0.137 e. The normalized spacial score (nSPS) is 10.1. The fourth-order valence-corrected chi connectivity index (χ4v) is 1.86. The molecule has 0 bridgehead atoms. The quantitative estimate of drug-likeness (QED) is 0.811. The van der Waals surface area contributed by atoms with Crippen LogP contribution < -0.4 is 0 Å². The first-order chi connectivity index (χ1) is 6.06. The Labute approximate surface area is 95.1 Å². The smallest absolute Gasteiger partial charge is 0.137 e. The molecule has 0 radical (unpaired) electrons. The van der Waals surface area contributed by atoms with Crippen molar-refractivity contribution >= 4 is 44.7 Å². The molecule has 70 valence electrons. The van der Waals surface area contributed by atoms with Gasteiger partial charge in [0, 0.05) is 16.5 Å². The monoisotopic (exact) mass is 280 g/mol. The summed E-state index contributed by atoms with van der Waals surface area (Å²) < 4.78 is 0.543. The molecule has 0 saturated heterocycles. The van der Waals surface area contributed by atoms with Gasteiger partial charge in [-0.2, -0.15) is 0 Å². The number of benzene rings is 1. The number of allylic oxidation sites excluding steroid dienone is 1. The topological polar surface area (TPSA) is 20.2 Å². The second kappa shape index (κ2) is 4.36. The summed E-state index contributed by atoms with van der Waals surface area (Å²) in [4.78, 5) is 0. The minimum atomic E-state index is 0.120.